The van der Waals surface area contributed by atoms with Crippen LogP contribution in [0.5, 0.6) is 0 Å². The van der Waals surface area contributed by atoms with Crippen molar-refractivity contribution in [2.75, 3.05) is 19.6 Å². The minimum atomic E-state index is -0.518. The lowest BCUT2D eigenvalue weighted by atomic mass is 9.93. The zero-order chi connectivity index (χ0) is 25.5. The number of aryl methyl sites for hydroxylation is 1. The maximum Gasteiger partial charge on any atom is 0.223 e. The molecule has 2 aliphatic rings. The lowest BCUT2D eigenvalue weighted by molar-refractivity contribution is -0.133. The Hall–Kier alpha value is -3.59. The Morgan fingerprint density at radius 2 is 2.03 bits per heavy atom. The van der Waals surface area contributed by atoms with Gasteiger partial charge in [-0.3, -0.25) is 14.8 Å². The summed E-state index contributed by atoms with van der Waals surface area (Å²) in [4.78, 5) is 21.7. The van der Waals surface area contributed by atoms with Crippen molar-refractivity contribution in [2.45, 2.75) is 45.7 Å². The third-order valence-electron chi connectivity index (χ3n) is 7.56. The van der Waals surface area contributed by atoms with Crippen LogP contribution in [0, 0.1) is 24.5 Å². The molecule has 0 spiro atoms. The Labute approximate surface area is 213 Å². The van der Waals surface area contributed by atoms with Gasteiger partial charge in [0.25, 0.3) is 0 Å². The third-order valence-corrected chi connectivity index (χ3v) is 7.56. The minimum Gasteiger partial charge on any atom is -0.441 e. The Bertz CT molecular complexity index is 1440. The molecule has 9 heteroatoms. The number of piperidine rings is 1. The average molecular weight is 506 g/mol. The van der Waals surface area contributed by atoms with Gasteiger partial charge in [-0.15, -0.1) is 0 Å². The molecule has 1 saturated heterocycles. The summed E-state index contributed by atoms with van der Waals surface area (Å²) in [7, 11) is 0. The second-order valence-corrected chi connectivity index (χ2v) is 10.2. The van der Waals surface area contributed by atoms with Crippen molar-refractivity contribution in [1.82, 2.24) is 25.0 Å². The van der Waals surface area contributed by atoms with Gasteiger partial charge in [0, 0.05) is 68.3 Å². The Morgan fingerprint density at radius 1 is 1.19 bits per heavy atom. The van der Waals surface area contributed by atoms with E-state index >= 15 is 0 Å². The summed E-state index contributed by atoms with van der Waals surface area (Å²) >= 11 is 0. The molecule has 4 heterocycles. The van der Waals surface area contributed by atoms with Gasteiger partial charge in [-0.05, 0) is 49.6 Å². The van der Waals surface area contributed by atoms with Gasteiger partial charge in [0.15, 0.2) is 11.5 Å². The number of nitrogens with one attached hydrogen (secondary N) is 1. The highest BCUT2D eigenvalue weighted by Gasteiger charge is 2.29. The predicted octanol–water partition coefficient (Wildman–Crippen LogP) is 4.99. The van der Waals surface area contributed by atoms with E-state index in [1.54, 1.807) is 0 Å². The van der Waals surface area contributed by atoms with E-state index in [0.29, 0.717) is 37.5 Å². The topological polar surface area (TPSA) is 78.3 Å². The number of H-pyrrole nitrogens is 1. The summed E-state index contributed by atoms with van der Waals surface area (Å²) < 4.78 is 34.0. The zero-order valence-corrected chi connectivity index (χ0v) is 20.8. The maximum absolute atomic E-state index is 14.1. The quantitative estimate of drug-likeness (QED) is 0.413. The molecule has 1 atom stereocenters. The summed E-state index contributed by atoms with van der Waals surface area (Å²) in [6.45, 7) is 4.63. The molecule has 2 aliphatic heterocycles. The first kappa shape index (κ1) is 23.8. The average Bonchev–Trinajstić information content (AvgIpc) is 3.48. The van der Waals surface area contributed by atoms with E-state index in [1.165, 1.54) is 18.2 Å². The second kappa shape index (κ2) is 9.70. The van der Waals surface area contributed by atoms with Gasteiger partial charge in [-0.2, -0.15) is 5.10 Å². The van der Waals surface area contributed by atoms with Crippen LogP contribution in [0.2, 0.25) is 0 Å². The number of oxazole rings is 1. The van der Waals surface area contributed by atoms with E-state index in [4.69, 9.17) is 4.42 Å². The van der Waals surface area contributed by atoms with Crippen molar-refractivity contribution in [1.29, 1.82) is 0 Å². The van der Waals surface area contributed by atoms with Crippen LogP contribution in [0.3, 0.4) is 0 Å². The molecular formula is C28H29F2N5O2. The number of rotatable bonds is 5. The number of hydrogen-bond donors (Lipinski definition) is 1. The van der Waals surface area contributed by atoms with Crippen LogP contribution in [0.1, 0.15) is 42.0 Å². The van der Waals surface area contributed by atoms with Crippen LogP contribution in [-0.2, 0) is 24.3 Å². The van der Waals surface area contributed by atoms with E-state index in [1.807, 2.05) is 30.0 Å². The zero-order valence-electron chi connectivity index (χ0n) is 20.8. The highest BCUT2D eigenvalue weighted by molar-refractivity contribution is 5.81. The molecule has 0 bridgehead atoms. The molecule has 2 aromatic heterocycles. The number of aromatic nitrogens is 3. The summed E-state index contributed by atoms with van der Waals surface area (Å²) in [5, 5.41) is 7.72. The van der Waals surface area contributed by atoms with E-state index in [2.05, 4.69) is 20.1 Å². The normalized spacial score (nSPS) is 18.4. The molecule has 1 fully saturated rings. The van der Waals surface area contributed by atoms with Crippen molar-refractivity contribution in [3.63, 3.8) is 0 Å². The molecule has 192 valence electrons. The first-order valence-corrected chi connectivity index (χ1v) is 12.8. The first-order valence-electron chi connectivity index (χ1n) is 12.8. The van der Waals surface area contributed by atoms with Crippen LogP contribution in [-0.4, -0.2) is 50.5 Å². The number of carbonyl (C=O) groups is 1. The molecule has 37 heavy (non-hydrogen) atoms. The van der Waals surface area contributed by atoms with Crippen molar-refractivity contribution < 1.29 is 18.0 Å². The van der Waals surface area contributed by atoms with Crippen LogP contribution in [0.25, 0.3) is 22.4 Å². The summed E-state index contributed by atoms with van der Waals surface area (Å²) in [6, 6.07) is 9.83. The number of amides is 1. The molecule has 7 nitrogen and oxygen atoms in total. The Balaban J connectivity index is 1.13. The molecule has 2 aromatic carbocycles. The number of hydrogen-bond acceptors (Lipinski definition) is 5. The predicted molar refractivity (Wildman–Crippen MR) is 134 cm³/mol. The van der Waals surface area contributed by atoms with Gasteiger partial charge in [0.1, 0.15) is 17.2 Å². The van der Waals surface area contributed by atoms with E-state index in [9.17, 15) is 13.6 Å². The number of carbonyl (C=O) groups excluding carboxylic acids is 1. The van der Waals surface area contributed by atoms with Gasteiger partial charge < -0.3 is 9.32 Å². The molecule has 0 unspecified atom stereocenters. The van der Waals surface area contributed by atoms with Gasteiger partial charge in [-0.1, -0.05) is 12.1 Å². The number of benzene rings is 2. The lowest BCUT2D eigenvalue weighted by Crippen LogP contribution is -2.40. The SMILES string of the molecule is Cc1nc2ccc(-c3n[nH]c4c3CN(C(=O)C[C@@H]3CCCN(Cc5c(F)cccc5F)C3)CC4)cc2o1. The third kappa shape index (κ3) is 4.75. The number of nitrogens with zero attached hydrogens (tertiary/aromatic N) is 4. The van der Waals surface area contributed by atoms with Crippen molar-refractivity contribution >= 4 is 17.0 Å². The van der Waals surface area contributed by atoms with Gasteiger partial charge in [0.05, 0.1) is 5.69 Å². The standard InChI is InChI=1S/C28H29F2N5O2/c1-17-31-25-8-7-19(13-26(25)37-17)28-21-16-35(11-9-24(21)32-33-28)27(36)12-18-4-3-10-34(14-18)15-20-22(29)5-2-6-23(20)30/h2,5-8,13,18H,3-4,9-12,14-16H2,1H3,(H,32,33)/t18-/m0/s1. The van der Waals surface area contributed by atoms with E-state index in [-0.39, 0.29) is 23.9 Å². The van der Waals surface area contributed by atoms with Gasteiger partial charge >= 0.3 is 0 Å². The van der Waals surface area contributed by atoms with Gasteiger partial charge in [0.2, 0.25) is 5.91 Å². The number of fused-ring (bicyclic) bond motifs is 2. The van der Waals surface area contributed by atoms with Crippen molar-refractivity contribution in [3.8, 4) is 11.3 Å². The van der Waals surface area contributed by atoms with Crippen LogP contribution >= 0.6 is 0 Å². The Morgan fingerprint density at radius 3 is 2.86 bits per heavy atom. The van der Waals surface area contributed by atoms with Crippen LogP contribution in [0.15, 0.2) is 40.8 Å². The van der Waals surface area contributed by atoms with E-state index < -0.39 is 11.6 Å². The fraction of sp³-hybridized carbons (Fsp3) is 0.393. The monoisotopic (exact) mass is 505 g/mol. The Kier molecular flexibility index (Phi) is 6.24. The van der Waals surface area contributed by atoms with E-state index in [0.717, 1.165) is 53.8 Å². The molecule has 0 aliphatic carbocycles. The fourth-order valence-electron chi connectivity index (χ4n) is 5.68. The highest BCUT2D eigenvalue weighted by atomic mass is 19.1. The molecule has 6 rings (SSSR count). The molecule has 0 radical (unpaired) electrons. The molecule has 0 saturated carbocycles. The van der Waals surface area contributed by atoms with Crippen LogP contribution < -0.4 is 0 Å². The highest BCUT2D eigenvalue weighted by Crippen LogP contribution is 2.32. The minimum absolute atomic E-state index is 0.101. The number of aromatic amines is 1. The van der Waals surface area contributed by atoms with Crippen molar-refractivity contribution in [3.05, 3.63) is 70.7 Å². The van der Waals surface area contributed by atoms with Gasteiger partial charge in [-0.25, -0.2) is 13.8 Å². The summed E-state index contributed by atoms with van der Waals surface area (Å²) in [6.07, 6.45) is 3.01. The lowest BCUT2D eigenvalue weighted by Gasteiger charge is -2.34. The molecular weight excluding hydrogens is 476 g/mol. The largest absolute Gasteiger partial charge is 0.441 e. The maximum atomic E-state index is 14.1. The van der Waals surface area contributed by atoms with Crippen LogP contribution in [0.4, 0.5) is 8.78 Å². The molecule has 4 aromatic rings. The summed E-state index contributed by atoms with van der Waals surface area (Å²) in [5.74, 6) is -0.138. The molecule has 1 N–H and O–H groups in total. The fourth-order valence-corrected chi connectivity index (χ4v) is 5.68. The summed E-state index contributed by atoms with van der Waals surface area (Å²) in [5.41, 5.74) is 5.48. The smallest absolute Gasteiger partial charge is 0.223 e. The molecule has 1 amide bonds. The van der Waals surface area contributed by atoms with Crippen molar-refractivity contribution in [2.24, 2.45) is 5.92 Å². The second-order valence-electron chi connectivity index (χ2n) is 10.2. The number of halogens is 2. The number of likely N-dealkylation sites (tertiary alicyclic amines) is 1. The first-order chi connectivity index (χ1) is 17.9.